The third kappa shape index (κ3) is 2.67. The molecule has 2 N–H and O–H groups in total. The lowest BCUT2D eigenvalue weighted by molar-refractivity contribution is 0.986. The van der Waals surface area contributed by atoms with Crippen LogP contribution in [0.4, 0.5) is 0 Å². The minimum absolute atomic E-state index is 0.515. The number of rotatable bonds is 3. The van der Waals surface area contributed by atoms with E-state index in [2.05, 4.69) is 9.98 Å². The average molecular weight is 211 g/mol. The van der Waals surface area contributed by atoms with Gasteiger partial charge in [-0.1, -0.05) is 36.4 Å². The summed E-state index contributed by atoms with van der Waals surface area (Å²) in [5, 5.41) is 0. The predicted molar refractivity (Wildman–Crippen MR) is 65.1 cm³/mol. The molecule has 3 nitrogen and oxygen atoms in total. The monoisotopic (exact) mass is 211 g/mol. The van der Waals surface area contributed by atoms with Gasteiger partial charge in [0.2, 0.25) is 0 Å². The van der Waals surface area contributed by atoms with E-state index in [1.807, 2.05) is 48.5 Å². The number of hydrogen-bond acceptors (Lipinski definition) is 2. The fourth-order valence-corrected chi connectivity index (χ4v) is 1.36. The quantitative estimate of drug-likeness (QED) is 0.623. The van der Waals surface area contributed by atoms with E-state index in [0.717, 1.165) is 11.3 Å². The SMILES string of the molecule is NC(=NCc1ccccn1)c1ccccc1. The van der Waals surface area contributed by atoms with E-state index in [9.17, 15) is 0 Å². The van der Waals surface area contributed by atoms with Crippen LogP contribution in [0.1, 0.15) is 11.3 Å². The smallest absolute Gasteiger partial charge is 0.126 e. The van der Waals surface area contributed by atoms with E-state index in [-0.39, 0.29) is 0 Å². The van der Waals surface area contributed by atoms with Crippen molar-refractivity contribution in [1.29, 1.82) is 0 Å². The zero-order valence-electron chi connectivity index (χ0n) is 8.88. The summed E-state index contributed by atoms with van der Waals surface area (Å²) in [5.74, 6) is 0.547. The number of nitrogens with two attached hydrogens (primary N) is 1. The van der Waals surface area contributed by atoms with Crippen molar-refractivity contribution in [2.24, 2.45) is 10.7 Å². The minimum Gasteiger partial charge on any atom is -0.383 e. The molecule has 0 aliphatic heterocycles. The van der Waals surface area contributed by atoms with Crippen LogP contribution < -0.4 is 5.73 Å². The van der Waals surface area contributed by atoms with Crippen molar-refractivity contribution in [2.75, 3.05) is 0 Å². The molecule has 0 aliphatic carbocycles. The second-order valence-corrected chi connectivity index (χ2v) is 3.39. The summed E-state index contributed by atoms with van der Waals surface area (Å²) >= 11 is 0. The van der Waals surface area contributed by atoms with Gasteiger partial charge in [0.15, 0.2) is 0 Å². The van der Waals surface area contributed by atoms with Gasteiger partial charge in [0.25, 0.3) is 0 Å². The summed E-state index contributed by atoms with van der Waals surface area (Å²) in [6, 6.07) is 15.5. The van der Waals surface area contributed by atoms with Gasteiger partial charge in [0, 0.05) is 11.8 Å². The first-order valence-corrected chi connectivity index (χ1v) is 5.11. The molecule has 0 atom stereocenters. The molecule has 1 aromatic carbocycles. The molecule has 0 amide bonds. The molecule has 2 aromatic rings. The Hall–Kier alpha value is -2.16. The van der Waals surface area contributed by atoms with Gasteiger partial charge in [-0.05, 0) is 12.1 Å². The number of hydrogen-bond donors (Lipinski definition) is 1. The van der Waals surface area contributed by atoms with Crippen molar-refractivity contribution in [1.82, 2.24) is 4.98 Å². The molecule has 16 heavy (non-hydrogen) atoms. The number of amidine groups is 1. The maximum Gasteiger partial charge on any atom is 0.126 e. The van der Waals surface area contributed by atoms with Gasteiger partial charge >= 0.3 is 0 Å². The molecule has 1 aromatic heterocycles. The summed E-state index contributed by atoms with van der Waals surface area (Å²) in [6.45, 7) is 0.515. The summed E-state index contributed by atoms with van der Waals surface area (Å²) in [4.78, 5) is 8.48. The molecule has 0 radical (unpaired) electrons. The molecule has 0 saturated carbocycles. The highest BCUT2D eigenvalue weighted by Crippen LogP contribution is 2.00. The van der Waals surface area contributed by atoms with Crippen LogP contribution in [0.2, 0.25) is 0 Å². The first kappa shape index (κ1) is 10.4. The lowest BCUT2D eigenvalue weighted by atomic mass is 10.2. The van der Waals surface area contributed by atoms with Crippen molar-refractivity contribution in [3.05, 3.63) is 66.0 Å². The van der Waals surface area contributed by atoms with Gasteiger partial charge in [-0.25, -0.2) is 0 Å². The fraction of sp³-hybridized carbons (Fsp3) is 0.0769. The zero-order valence-corrected chi connectivity index (χ0v) is 8.88. The van der Waals surface area contributed by atoms with Crippen LogP contribution in [0.3, 0.4) is 0 Å². The molecule has 0 fully saturated rings. The first-order chi connectivity index (χ1) is 7.86. The van der Waals surface area contributed by atoms with Gasteiger partial charge in [-0.2, -0.15) is 0 Å². The Morgan fingerprint density at radius 2 is 1.81 bits per heavy atom. The molecular formula is C13H13N3. The third-order valence-electron chi connectivity index (χ3n) is 2.21. The molecule has 3 heteroatoms. The number of nitrogens with zero attached hydrogens (tertiary/aromatic N) is 2. The summed E-state index contributed by atoms with van der Waals surface area (Å²) in [5.41, 5.74) is 7.73. The van der Waals surface area contributed by atoms with Crippen LogP contribution in [-0.2, 0) is 6.54 Å². The Labute approximate surface area is 94.7 Å². The van der Waals surface area contributed by atoms with Gasteiger partial charge in [-0.15, -0.1) is 0 Å². The van der Waals surface area contributed by atoms with Crippen molar-refractivity contribution in [3.8, 4) is 0 Å². The van der Waals surface area contributed by atoms with Crippen LogP contribution >= 0.6 is 0 Å². The van der Waals surface area contributed by atoms with Crippen molar-refractivity contribution in [3.63, 3.8) is 0 Å². The molecule has 0 aliphatic rings. The molecule has 0 unspecified atom stereocenters. The maximum absolute atomic E-state index is 5.87. The second-order valence-electron chi connectivity index (χ2n) is 3.39. The number of benzene rings is 1. The highest BCUT2D eigenvalue weighted by atomic mass is 14.9. The Bertz CT molecular complexity index is 463. The summed E-state index contributed by atoms with van der Waals surface area (Å²) < 4.78 is 0. The molecule has 0 saturated heterocycles. The van der Waals surface area contributed by atoms with Gasteiger partial charge in [0.1, 0.15) is 5.84 Å². The van der Waals surface area contributed by atoms with E-state index in [1.165, 1.54) is 0 Å². The Balaban J connectivity index is 2.09. The van der Waals surface area contributed by atoms with E-state index in [4.69, 9.17) is 5.73 Å². The summed E-state index contributed by atoms with van der Waals surface area (Å²) in [6.07, 6.45) is 1.75. The van der Waals surface area contributed by atoms with Crippen LogP contribution in [-0.4, -0.2) is 10.8 Å². The van der Waals surface area contributed by atoms with Crippen LogP contribution in [0.25, 0.3) is 0 Å². The molecule has 0 bridgehead atoms. The van der Waals surface area contributed by atoms with Gasteiger partial charge in [-0.3, -0.25) is 9.98 Å². The third-order valence-corrected chi connectivity index (χ3v) is 2.21. The minimum atomic E-state index is 0.515. The maximum atomic E-state index is 5.87. The molecule has 0 spiro atoms. The Kier molecular flexibility index (Phi) is 3.28. The average Bonchev–Trinajstić information content (AvgIpc) is 2.38. The molecule has 2 rings (SSSR count). The summed E-state index contributed by atoms with van der Waals surface area (Å²) in [7, 11) is 0. The van der Waals surface area contributed by atoms with Gasteiger partial charge in [0.05, 0.1) is 12.2 Å². The second kappa shape index (κ2) is 5.07. The number of aliphatic imine (C=N–C) groups is 1. The first-order valence-electron chi connectivity index (χ1n) is 5.11. The van der Waals surface area contributed by atoms with E-state index in [0.29, 0.717) is 12.4 Å². The van der Waals surface area contributed by atoms with Crippen LogP contribution in [0.15, 0.2) is 59.7 Å². The predicted octanol–water partition coefficient (Wildman–Crippen LogP) is 1.99. The fourth-order valence-electron chi connectivity index (χ4n) is 1.36. The lowest BCUT2D eigenvalue weighted by Crippen LogP contribution is -2.13. The van der Waals surface area contributed by atoms with Gasteiger partial charge < -0.3 is 5.73 Å². The Morgan fingerprint density at radius 1 is 1.06 bits per heavy atom. The largest absolute Gasteiger partial charge is 0.383 e. The number of aromatic nitrogens is 1. The van der Waals surface area contributed by atoms with E-state index in [1.54, 1.807) is 6.20 Å². The van der Waals surface area contributed by atoms with E-state index < -0.39 is 0 Å². The Morgan fingerprint density at radius 3 is 2.50 bits per heavy atom. The molecular weight excluding hydrogens is 198 g/mol. The van der Waals surface area contributed by atoms with Crippen molar-refractivity contribution >= 4 is 5.84 Å². The molecule has 1 heterocycles. The number of pyridine rings is 1. The lowest BCUT2D eigenvalue weighted by Gasteiger charge is -2.00. The molecule has 80 valence electrons. The zero-order chi connectivity index (χ0) is 11.2. The standard InChI is InChI=1S/C13H13N3/c14-13(11-6-2-1-3-7-11)16-10-12-8-4-5-9-15-12/h1-9H,10H2,(H2,14,16). The van der Waals surface area contributed by atoms with Crippen molar-refractivity contribution in [2.45, 2.75) is 6.54 Å². The highest BCUT2D eigenvalue weighted by molar-refractivity contribution is 5.97. The highest BCUT2D eigenvalue weighted by Gasteiger charge is 1.96. The van der Waals surface area contributed by atoms with Crippen LogP contribution in [0, 0.1) is 0 Å². The van der Waals surface area contributed by atoms with Crippen molar-refractivity contribution < 1.29 is 0 Å². The van der Waals surface area contributed by atoms with Crippen LogP contribution in [0.5, 0.6) is 0 Å². The van der Waals surface area contributed by atoms with E-state index >= 15 is 0 Å². The normalized spacial score (nSPS) is 11.4. The topological polar surface area (TPSA) is 51.3 Å².